The molecule has 5 aliphatic heterocycles. The first kappa shape index (κ1) is 198. The fourth-order valence-corrected chi connectivity index (χ4v) is 5.39. The molecule has 5 atom stereocenters. The molecule has 6 aliphatic rings. The summed E-state index contributed by atoms with van der Waals surface area (Å²) in [6.07, 6.45) is 22.6. The summed E-state index contributed by atoms with van der Waals surface area (Å²) in [5, 5.41) is 19.9. The molecule has 6 rings (SSSR count). The Balaban J connectivity index is -0.0000000134. The van der Waals surface area contributed by atoms with Gasteiger partial charge in [-0.05, 0) is 64.8 Å². The van der Waals surface area contributed by atoms with Crippen molar-refractivity contribution in [1.29, 1.82) is 0 Å². The fourth-order valence-electron chi connectivity index (χ4n) is 5.39. The first-order valence-corrected chi connectivity index (χ1v) is 25.4. The Hall–Kier alpha value is 7.69. The van der Waals surface area contributed by atoms with Crippen molar-refractivity contribution >= 4 is 66.5 Å². The van der Waals surface area contributed by atoms with Crippen LogP contribution in [0.2, 0.25) is 0 Å². The average molecular weight is 2440 g/mol. The maximum absolute atomic E-state index is 9.98. The molecule has 489 valence electrons. The zero-order valence-electron chi connectivity index (χ0n) is 51.6. The molecule has 0 aromatic heterocycles. The van der Waals surface area contributed by atoms with E-state index < -0.39 is 0 Å². The van der Waals surface area contributed by atoms with Crippen molar-refractivity contribution < 1.29 is 307 Å². The molecule has 1 saturated carbocycles. The van der Waals surface area contributed by atoms with E-state index in [1.54, 1.807) is 14.7 Å². The second kappa shape index (κ2) is 174. The summed E-state index contributed by atoms with van der Waals surface area (Å²) >= 11 is 0. The molecule has 30 heteroatoms. The van der Waals surface area contributed by atoms with Crippen LogP contribution in [0.25, 0.3) is 0 Å². The maximum Gasteiger partial charge on any atom is 2.00 e. The van der Waals surface area contributed by atoms with Crippen LogP contribution in [0.3, 0.4) is 0 Å². The van der Waals surface area contributed by atoms with Crippen molar-refractivity contribution in [2.45, 2.75) is 128 Å². The van der Waals surface area contributed by atoms with Gasteiger partial charge in [-0.2, -0.15) is 25.1 Å². The zero-order chi connectivity index (χ0) is 47.4. The Kier molecular flexibility index (Phi) is 411. The third-order valence-corrected chi connectivity index (χ3v) is 8.28. The Bertz CT molecular complexity index is 827. The summed E-state index contributed by atoms with van der Waals surface area (Å²) in [6.45, 7) is 56.0. The molecule has 0 bridgehead atoms. The first-order chi connectivity index (χ1) is 28.7. The topological polar surface area (TPSA) is 160 Å². The second-order valence-electron chi connectivity index (χ2n) is 13.2. The van der Waals surface area contributed by atoms with Gasteiger partial charge in [-0.3, -0.25) is 0 Å². The van der Waals surface area contributed by atoms with Gasteiger partial charge in [-0.25, -0.2) is 0 Å². The summed E-state index contributed by atoms with van der Waals surface area (Å²) in [6, 6.07) is 1.66. The molecule has 5 saturated heterocycles. The van der Waals surface area contributed by atoms with Crippen LogP contribution in [-0.4, -0.2) is 120 Å². The van der Waals surface area contributed by atoms with Gasteiger partial charge in [0.25, 0.3) is 0 Å². The van der Waals surface area contributed by atoms with Gasteiger partial charge >= 0.3 is 272 Å². The molecule has 0 aromatic carbocycles. The molecule has 6 fully saturated rings. The Morgan fingerprint density at radius 1 is 0.345 bits per heavy atom. The number of rotatable bonds is 3. The van der Waals surface area contributed by atoms with E-state index in [0.29, 0.717) is 59.4 Å². The van der Waals surface area contributed by atoms with E-state index in [0.717, 1.165) is 64.1 Å². The van der Waals surface area contributed by atoms with E-state index in [9.17, 15) is 14.4 Å². The minimum Gasteiger partial charge on any atom is -0.665 e. The third-order valence-electron chi connectivity index (χ3n) is 8.28. The van der Waals surface area contributed by atoms with Crippen LogP contribution < -0.4 is 10.6 Å². The van der Waals surface area contributed by atoms with E-state index in [4.69, 9.17) is 19.8 Å². The van der Waals surface area contributed by atoms with Crippen LogP contribution in [0.1, 0.15) is 97.3 Å². The summed E-state index contributed by atoms with van der Waals surface area (Å²) in [5.41, 5.74) is 0. The van der Waals surface area contributed by atoms with E-state index >= 15 is 0 Å². The van der Waals surface area contributed by atoms with Gasteiger partial charge in [0.2, 0.25) is 0 Å². The molecule has 1 aliphatic carbocycles. The van der Waals surface area contributed by atoms with Crippen molar-refractivity contribution in [2.75, 3.05) is 32.7 Å². The Morgan fingerprint density at radius 2 is 0.512 bits per heavy atom. The predicted molar refractivity (Wildman–Crippen MR) is 330 cm³/mol. The maximum atomic E-state index is 9.98. The van der Waals surface area contributed by atoms with Gasteiger partial charge in [0, 0.05) is 0 Å². The van der Waals surface area contributed by atoms with Crippen LogP contribution in [0.5, 0.6) is 0 Å². The Labute approximate surface area is 716 Å². The molecular weight excluding hydrogens is 2330 g/mol. The molecule has 5 heterocycles. The molecule has 5 unspecified atom stereocenters. The van der Waals surface area contributed by atoms with Crippen molar-refractivity contribution in [3.8, 4) is 0 Å². The number of hydrogen-bond donors (Lipinski definition) is 4. The van der Waals surface area contributed by atoms with Crippen LogP contribution in [0.4, 0.5) is 0 Å². The first-order valence-electron chi connectivity index (χ1n) is 19.8. The summed E-state index contributed by atoms with van der Waals surface area (Å²) in [7, 11) is 2.33. The SMILES string of the molecule is C.O=[C-]O.O=[C-]O.[CH2-]C1CCCC1.[CH2-]C1CCCN1.[CH2-]C1CCCN1.[CH2-]C1CCCN1[C-]=O.[CH2-]C1CCCN1[C-]=O.[CH2-]C1CCCN1[C-]=O.[CH2-]P[CH2-].[CH2-]P[CH2-].[CH2-]P[CH2-].[CH2-]P[CH2-].[CH3-].[CH3-].[CH3-].[CH3-].[CH3-].[CH3-].[CH3-].[CH3-].[CH3-].[V+2].[V+2].[V+2].[V+2].[V+2].[V+2].[V+2].[V+2].[V+2].[W+2].[W+2].[W+2].[W+2].[W+2]. The van der Waals surface area contributed by atoms with E-state index in [2.05, 4.69) is 105 Å². The number of nitrogens with one attached hydrogen (secondary N) is 2. The second-order valence-corrected chi connectivity index (χ2v) is 15.2. The number of likely N-dealkylation sites (tertiary alicyclic amines) is 3. The zero-order valence-corrected chi connectivity index (χ0v) is 82.9. The quantitative estimate of drug-likeness (QED) is 0.159. The largest absolute Gasteiger partial charge is 2.00 e. The Morgan fingerprint density at radius 3 is 0.560 bits per heavy atom. The van der Waals surface area contributed by atoms with Gasteiger partial charge in [-0.1, -0.05) is 78.2 Å². The standard InChI is InChI=1S/3C6H9NO.C6H11.2C5H10N.4C2H5P.2CHO2.CH4.9CH3.9V.5W/c3*1-6-3-2-4-7(6)5-8;1-6-4-2-3-5-6;2*1-5-3-2-4-6-5;4*1-3-2;2*2-1-3;;;;;;;;;;;;;;;;;;;;;;;;/h3*6H,1-4H2;6H,1-5H2;2*5-6H,1-4H2;4*3H,1-2H2;2*(H,2,3);1H4;9*1H3;;;;;;;;;;;;;;/q3*-2;3*-1;4*-2;2*-1;;9*-1;14*+2. The van der Waals surface area contributed by atoms with Gasteiger partial charge in [0.1, 0.15) is 0 Å². The van der Waals surface area contributed by atoms with Crippen molar-refractivity contribution in [3.05, 3.63) is 162 Å². The van der Waals surface area contributed by atoms with Gasteiger partial charge in [0.15, 0.2) is 0 Å². The molecule has 9 radical (unpaired) electrons. The molecule has 0 spiro atoms. The van der Waals surface area contributed by atoms with Crippen molar-refractivity contribution in [2.24, 2.45) is 5.92 Å². The van der Waals surface area contributed by atoms with Crippen LogP contribution in [0.15, 0.2) is 0 Å². The van der Waals surface area contributed by atoms with E-state index in [1.165, 1.54) is 64.5 Å². The average Bonchev–Trinajstić information content (AvgIpc) is 4.08. The predicted octanol–water partition coefficient (Wildman–Crippen LogP) is 13.1. The smallest absolute Gasteiger partial charge is 0.665 e. The third kappa shape index (κ3) is 169. The van der Waals surface area contributed by atoms with Crippen LogP contribution in [0, 0.1) is 168 Å². The van der Waals surface area contributed by atoms with Crippen molar-refractivity contribution in [1.82, 2.24) is 25.3 Å². The molecule has 4 N–H and O–H groups in total. The minimum atomic E-state index is 0. The fraction of sp³-hybridized carbons (Fsp3) is 0.481. The normalized spacial score (nSPS) is 16.1. The van der Waals surface area contributed by atoms with Gasteiger partial charge in [0.05, 0.1) is 0 Å². The van der Waals surface area contributed by atoms with E-state index in [1.807, 2.05) is 19.2 Å². The van der Waals surface area contributed by atoms with Gasteiger partial charge in [-0.15, -0.1) is 30.2 Å². The number of aliphatic hydroxyl groups excluding tert-OH is 2. The summed E-state index contributed by atoms with van der Waals surface area (Å²) in [4.78, 5) is 51.2. The van der Waals surface area contributed by atoms with E-state index in [-0.39, 0.29) is 365 Å². The summed E-state index contributed by atoms with van der Waals surface area (Å²) < 4.78 is 0. The summed E-state index contributed by atoms with van der Waals surface area (Å²) in [5.74, 6) is 0.796. The number of nitrogens with zero attached hydrogens (tertiary/aromatic N) is 3. The molecule has 0 aromatic rings. The molecule has 84 heavy (non-hydrogen) atoms. The number of carbonyl (C=O) groups excluding carboxylic acids is 3. The van der Waals surface area contributed by atoms with Crippen LogP contribution in [-0.2, 0) is 296 Å². The molecule has 12 nitrogen and oxygen atoms in total. The monoisotopic (exact) mass is 2440 g/mol. The number of amides is 3. The van der Waals surface area contributed by atoms with Gasteiger partial charge < -0.3 is 256 Å². The molecule has 3 amide bonds. The number of hydrogen-bond acceptors (Lipinski definition) is 7. The molecular formula is C54H111N5O7P4V9W5. The minimum absolute atomic E-state index is 0. The van der Waals surface area contributed by atoms with Crippen molar-refractivity contribution in [3.63, 3.8) is 0 Å². The van der Waals surface area contributed by atoms with Crippen LogP contribution >= 0.6 is 34.3 Å².